The summed E-state index contributed by atoms with van der Waals surface area (Å²) in [5, 5.41) is 11.4. The van der Waals surface area contributed by atoms with Crippen molar-refractivity contribution in [3.05, 3.63) is 64.7 Å². The molecule has 2 aromatic carbocycles. The van der Waals surface area contributed by atoms with E-state index >= 15 is 0 Å². The number of hydrogen-bond donors (Lipinski definition) is 1. The summed E-state index contributed by atoms with van der Waals surface area (Å²) in [4.78, 5) is 12.5. The van der Waals surface area contributed by atoms with Crippen molar-refractivity contribution in [2.45, 2.75) is 32.2 Å². The molecular formula is C20H18ClFN4O. The van der Waals surface area contributed by atoms with Crippen LogP contribution in [0.15, 0.2) is 42.5 Å². The fourth-order valence-corrected chi connectivity index (χ4v) is 3.59. The zero-order chi connectivity index (χ0) is 18.8. The van der Waals surface area contributed by atoms with Crippen LogP contribution in [0.4, 0.5) is 10.1 Å². The molecule has 0 aliphatic carbocycles. The third-order valence-corrected chi connectivity index (χ3v) is 4.99. The predicted octanol–water partition coefficient (Wildman–Crippen LogP) is 4.72. The number of nitrogens with one attached hydrogen (secondary N) is 1. The van der Waals surface area contributed by atoms with Crippen LogP contribution in [0.3, 0.4) is 0 Å². The minimum Gasteiger partial charge on any atom is -0.322 e. The molecular weight excluding hydrogens is 367 g/mol. The number of nitrogens with zero attached hydrogens (tertiary/aromatic N) is 3. The van der Waals surface area contributed by atoms with Crippen LogP contribution in [0, 0.1) is 5.82 Å². The molecule has 1 aliphatic heterocycles. The molecule has 2 heterocycles. The number of aromatic nitrogens is 3. The zero-order valence-electron chi connectivity index (χ0n) is 14.6. The molecule has 138 valence electrons. The Balaban J connectivity index is 1.62. The summed E-state index contributed by atoms with van der Waals surface area (Å²) in [6.07, 6.45) is 4.33. The molecule has 1 N–H and O–H groups in total. The molecule has 0 bridgehead atoms. The van der Waals surface area contributed by atoms with Gasteiger partial charge in [0.1, 0.15) is 11.6 Å². The van der Waals surface area contributed by atoms with E-state index < -0.39 is 11.7 Å². The highest BCUT2D eigenvalue weighted by Gasteiger charge is 2.18. The Bertz CT molecular complexity index is 981. The van der Waals surface area contributed by atoms with Gasteiger partial charge in [-0.1, -0.05) is 36.2 Å². The van der Waals surface area contributed by atoms with E-state index in [2.05, 4.69) is 20.1 Å². The predicted molar refractivity (Wildman–Crippen MR) is 102 cm³/mol. The third kappa shape index (κ3) is 3.57. The second kappa shape index (κ2) is 7.48. The van der Waals surface area contributed by atoms with Crippen LogP contribution in [0.2, 0.25) is 5.02 Å². The standard InChI is InChI=1S/C20H18ClFN4O/c21-15-8-5-9-16(22)18(15)20(27)23-14-7-4-6-13(12-14)19-25-24-17-10-2-1-3-11-26(17)19/h4-9,12H,1-3,10-11H2,(H,23,27). The molecule has 0 atom stereocenters. The number of anilines is 1. The molecule has 27 heavy (non-hydrogen) atoms. The molecule has 0 saturated carbocycles. The molecule has 0 unspecified atom stereocenters. The monoisotopic (exact) mass is 384 g/mol. The van der Waals surface area contributed by atoms with Crippen LogP contribution >= 0.6 is 11.6 Å². The van der Waals surface area contributed by atoms with Gasteiger partial charge in [-0.15, -0.1) is 10.2 Å². The molecule has 1 aliphatic rings. The summed E-state index contributed by atoms with van der Waals surface area (Å²) in [5.41, 5.74) is 1.23. The maximum absolute atomic E-state index is 14.0. The van der Waals surface area contributed by atoms with Crippen LogP contribution in [0.5, 0.6) is 0 Å². The lowest BCUT2D eigenvalue weighted by Crippen LogP contribution is -2.14. The van der Waals surface area contributed by atoms with Crippen LogP contribution in [0.25, 0.3) is 11.4 Å². The summed E-state index contributed by atoms with van der Waals surface area (Å²) in [6, 6.07) is 11.5. The van der Waals surface area contributed by atoms with Gasteiger partial charge in [0.05, 0.1) is 10.6 Å². The Morgan fingerprint density at radius 2 is 1.96 bits per heavy atom. The van der Waals surface area contributed by atoms with Gasteiger partial charge < -0.3 is 9.88 Å². The highest BCUT2D eigenvalue weighted by Crippen LogP contribution is 2.26. The van der Waals surface area contributed by atoms with Gasteiger partial charge in [-0.25, -0.2) is 4.39 Å². The second-order valence-electron chi connectivity index (χ2n) is 6.53. The average Bonchev–Trinajstić information content (AvgIpc) is 2.90. The minimum atomic E-state index is -0.654. The van der Waals surface area contributed by atoms with Gasteiger partial charge in [-0.3, -0.25) is 4.79 Å². The average molecular weight is 385 g/mol. The molecule has 3 aromatic rings. The van der Waals surface area contributed by atoms with Crippen molar-refractivity contribution in [2.75, 3.05) is 5.32 Å². The number of rotatable bonds is 3. The van der Waals surface area contributed by atoms with Gasteiger partial charge in [0, 0.05) is 24.2 Å². The molecule has 0 fully saturated rings. The van der Waals surface area contributed by atoms with Gasteiger partial charge in [0.15, 0.2) is 5.82 Å². The Morgan fingerprint density at radius 1 is 1.11 bits per heavy atom. The van der Waals surface area contributed by atoms with Crippen LogP contribution in [-0.4, -0.2) is 20.7 Å². The summed E-state index contributed by atoms with van der Waals surface area (Å²) in [7, 11) is 0. The highest BCUT2D eigenvalue weighted by atomic mass is 35.5. The van der Waals surface area contributed by atoms with Gasteiger partial charge in [0.2, 0.25) is 0 Å². The number of carbonyl (C=O) groups is 1. The lowest BCUT2D eigenvalue weighted by molar-refractivity contribution is 0.102. The smallest absolute Gasteiger partial charge is 0.260 e. The van der Waals surface area contributed by atoms with Gasteiger partial charge in [-0.2, -0.15) is 0 Å². The van der Waals surface area contributed by atoms with E-state index in [1.807, 2.05) is 18.2 Å². The lowest BCUT2D eigenvalue weighted by Gasteiger charge is -2.10. The quantitative estimate of drug-likeness (QED) is 0.711. The molecule has 4 rings (SSSR count). The maximum Gasteiger partial charge on any atom is 0.260 e. The second-order valence-corrected chi connectivity index (χ2v) is 6.94. The van der Waals surface area contributed by atoms with Crippen molar-refractivity contribution in [1.82, 2.24) is 14.8 Å². The Labute approximate surface area is 161 Å². The van der Waals surface area contributed by atoms with E-state index in [-0.39, 0.29) is 10.6 Å². The van der Waals surface area contributed by atoms with Crippen LogP contribution in [0.1, 0.15) is 35.4 Å². The Hall–Kier alpha value is -2.73. The van der Waals surface area contributed by atoms with Crippen molar-refractivity contribution in [3.8, 4) is 11.4 Å². The van der Waals surface area contributed by atoms with Crippen molar-refractivity contribution >= 4 is 23.2 Å². The first kappa shape index (κ1) is 17.7. The zero-order valence-corrected chi connectivity index (χ0v) is 15.3. The van der Waals surface area contributed by atoms with E-state index in [9.17, 15) is 9.18 Å². The fraction of sp³-hybridized carbons (Fsp3) is 0.250. The Kier molecular flexibility index (Phi) is 4.90. The maximum atomic E-state index is 14.0. The molecule has 1 amide bonds. The SMILES string of the molecule is O=C(Nc1cccc(-c2nnc3n2CCCCC3)c1)c1c(F)cccc1Cl. The Morgan fingerprint density at radius 3 is 2.81 bits per heavy atom. The van der Waals surface area contributed by atoms with Crippen molar-refractivity contribution in [2.24, 2.45) is 0 Å². The fourth-order valence-electron chi connectivity index (χ4n) is 3.34. The lowest BCUT2D eigenvalue weighted by atomic mass is 10.1. The minimum absolute atomic E-state index is 0.0754. The third-order valence-electron chi connectivity index (χ3n) is 4.68. The first-order valence-corrected chi connectivity index (χ1v) is 9.29. The van der Waals surface area contributed by atoms with Crippen LogP contribution in [-0.2, 0) is 13.0 Å². The number of carbonyl (C=O) groups excluding carboxylic acids is 1. The normalized spacial score (nSPS) is 13.7. The van der Waals surface area contributed by atoms with E-state index in [4.69, 9.17) is 11.6 Å². The topological polar surface area (TPSA) is 59.8 Å². The van der Waals surface area contributed by atoms with Gasteiger partial charge >= 0.3 is 0 Å². The summed E-state index contributed by atoms with van der Waals surface area (Å²) in [6.45, 7) is 0.888. The van der Waals surface area contributed by atoms with Crippen LogP contribution < -0.4 is 5.32 Å². The van der Waals surface area contributed by atoms with E-state index in [0.29, 0.717) is 5.69 Å². The summed E-state index contributed by atoms with van der Waals surface area (Å²) in [5.74, 6) is 0.538. The number of aryl methyl sites for hydroxylation is 1. The first-order chi connectivity index (χ1) is 13.1. The summed E-state index contributed by atoms with van der Waals surface area (Å²) >= 11 is 5.98. The van der Waals surface area contributed by atoms with Crippen molar-refractivity contribution in [1.29, 1.82) is 0 Å². The molecule has 0 radical (unpaired) electrons. The number of amides is 1. The van der Waals surface area contributed by atoms with Crippen molar-refractivity contribution in [3.63, 3.8) is 0 Å². The highest BCUT2D eigenvalue weighted by molar-refractivity contribution is 6.34. The van der Waals surface area contributed by atoms with E-state index in [0.717, 1.165) is 43.0 Å². The van der Waals surface area contributed by atoms with Crippen molar-refractivity contribution < 1.29 is 9.18 Å². The molecule has 1 aromatic heterocycles. The van der Waals surface area contributed by atoms with Gasteiger partial charge in [-0.05, 0) is 37.1 Å². The molecule has 0 saturated heterocycles. The number of halogens is 2. The molecule has 7 heteroatoms. The molecule has 0 spiro atoms. The van der Waals surface area contributed by atoms with Gasteiger partial charge in [0.25, 0.3) is 5.91 Å². The molecule has 5 nitrogen and oxygen atoms in total. The number of benzene rings is 2. The summed E-state index contributed by atoms with van der Waals surface area (Å²) < 4.78 is 16.1. The van der Waals surface area contributed by atoms with E-state index in [1.54, 1.807) is 6.07 Å². The van der Waals surface area contributed by atoms with E-state index in [1.165, 1.54) is 24.6 Å². The number of hydrogen-bond acceptors (Lipinski definition) is 3. The number of fused-ring (bicyclic) bond motifs is 1. The largest absolute Gasteiger partial charge is 0.322 e. The first-order valence-electron chi connectivity index (χ1n) is 8.91.